The first-order chi connectivity index (χ1) is 17.6. The summed E-state index contributed by atoms with van der Waals surface area (Å²) < 4.78 is 9.52. The van der Waals surface area contributed by atoms with Gasteiger partial charge in [0, 0.05) is 34.3 Å². The highest BCUT2D eigenvalue weighted by molar-refractivity contribution is 6.04. The summed E-state index contributed by atoms with van der Waals surface area (Å²) in [7, 11) is 2.73. The molecule has 5 rings (SSSR count). The molecule has 0 radical (unpaired) electrons. The lowest BCUT2D eigenvalue weighted by Gasteiger charge is -2.08. The molecule has 0 atom stereocenters. The fourth-order valence-corrected chi connectivity index (χ4v) is 3.94. The molecule has 6 heteroatoms. The topological polar surface area (TPSA) is 78.4 Å². The van der Waals surface area contributed by atoms with E-state index in [2.05, 4.69) is 12.1 Å². The molecule has 0 amide bonds. The van der Waals surface area contributed by atoms with Crippen LogP contribution in [0, 0.1) is 0 Å². The van der Waals surface area contributed by atoms with Gasteiger partial charge in [0.1, 0.15) is 0 Å². The van der Waals surface area contributed by atoms with Gasteiger partial charge in [-0.2, -0.15) is 0 Å². The number of nitrogens with zero attached hydrogens (tertiary/aromatic N) is 2. The zero-order valence-electron chi connectivity index (χ0n) is 20.6. The van der Waals surface area contributed by atoms with Crippen LogP contribution in [0.1, 0.15) is 34.6 Å². The smallest absolute Gasteiger partial charge is 0.337 e. The number of ether oxygens (including phenoxy) is 2. The van der Waals surface area contributed by atoms with E-state index in [9.17, 15) is 9.59 Å². The minimum atomic E-state index is -0.362. The Balaban J connectivity index is 0.00000148. The lowest BCUT2D eigenvalue weighted by molar-refractivity contribution is 0.0592. The van der Waals surface area contributed by atoms with Crippen LogP contribution in [-0.2, 0) is 9.47 Å². The number of esters is 2. The Hall–Kier alpha value is -4.58. The Kier molecular flexibility index (Phi) is 7.35. The van der Waals surface area contributed by atoms with Crippen molar-refractivity contribution in [1.29, 1.82) is 0 Å². The van der Waals surface area contributed by atoms with E-state index < -0.39 is 0 Å². The molecule has 2 aromatic heterocycles. The number of methoxy groups -OCH3 is 2. The standard InChI is InChI=1S/C28H20N2O4.C2H6/c1-33-27(31)19-7-3-17(4-8-19)23-13-21-11-12-22-14-24(16-30-26(22)25(21)29-15-23)18-5-9-20(10-6-18)28(32)34-2;1-2/h3-16H,1-2H3;1-2H3. The maximum atomic E-state index is 11.7. The zero-order valence-corrected chi connectivity index (χ0v) is 20.6. The second-order valence-electron chi connectivity index (χ2n) is 7.79. The number of rotatable bonds is 4. The van der Waals surface area contributed by atoms with Crippen LogP contribution in [0.15, 0.2) is 85.2 Å². The molecule has 2 heterocycles. The first-order valence-corrected chi connectivity index (χ1v) is 11.6. The first kappa shape index (κ1) is 24.5. The molecule has 0 fully saturated rings. The van der Waals surface area contributed by atoms with Crippen molar-refractivity contribution in [2.75, 3.05) is 14.2 Å². The number of carbonyl (C=O) groups is 2. The van der Waals surface area contributed by atoms with E-state index in [4.69, 9.17) is 19.4 Å². The summed E-state index contributed by atoms with van der Waals surface area (Å²) in [6.07, 6.45) is 3.63. The van der Waals surface area contributed by atoms with Crippen LogP contribution >= 0.6 is 0 Å². The fourth-order valence-electron chi connectivity index (χ4n) is 3.94. The zero-order chi connectivity index (χ0) is 25.7. The Morgan fingerprint density at radius 2 is 0.917 bits per heavy atom. The summed E-state index contributed by atoms with van der Waals surface area (Å²) in [6, 6.07) is 22.7. The number of pyridine rings is 2. The molecule has 180 valence electrons. The molecule has 0 aliphatic carbocycles. The van der Waals surface area contributed by atoms with E-state index in [-0.39, 0.29) is 11.9 Å². The van der Waals surface area contributed by atoms with Gasteiger partial charge in [-0.15, -0.1) is 0 Å². The van der Waals surface area contributed by atoms with Crippen LogP contribution in [0.4, 0.5) is 0 Å². The highest BCUT2D eigenvalue weighted by Gasteiger charge is 2.10. The van der Waals surface area contributed by atoms with Gasteiger partial charge in [-0.05, 0) is 47.5 Å². The molecule has 5 aromatic rings. The van der Waals surface area contributed by atoms with Crippen molar-refractivity contribution < 1.29 is 19.1 Å². The fraction of sp³-hybridized carbons (Fsp3) is 0.133. The largest absolute Gasteiger partial charge is 0.465 e. The van der Waals surface area contributed by atoms with Gasteiger partial charge in [-0.1, -0.05) is 50.2 Å². The predicted molar refractivity (Wildman–Crippen MR) is 142 cm³/mol. The molecule has 6 nitrogen and oxygen atoms in total. The third-order valence-electron chi connectivity index (χ3n) is 5.78. The Bertz CT molecular complexity index is 1420. The SMILES string of the molecule is CC.COC(=O)c1ccc(-c2cnc3c(ccc4cc(-c5ccc(C(=O)OC)cc5)cnc43)c2)cc1. The van der Waals surface area contributed by atoms with Crippen molar-refractivity contribution >= 4 is 33.7 Å². The maximum absolute atomic E-state index is 11.7. The van der Waals surface area contributed by atoms with Gasteiger partial charge in [0.05, 0.1) is 36.4 Å². The van der Waals surface area contributed by atoms with Crippen molar-refractivity contribution in [1.82, 2.24) is 9.97 Å². The van der Waals surface area contributed by atoms with Crippen LogP contribution in [0.2, 0.25) is 0 Å². The summed E-state index contributed by atoms with van der Waals surface area (Å²) in [5.41, 5.74) is 6.47. The minimum Gasteiger partial charge on any atom is -0.465 e. The van der Waals surface area contributed by atoms with E-state index in [1.54, 1.807) is 24.3 Å². The highest BCUT2D eigenvalue weighted by atomic mass is 16.5. The third kappa shape index (κ3) is 4.79. The predicted octanol–water partition coefficient (Wildman–Crippen LogP) is 6.72. The second-order valence-corrected chi connectivity index (χ2v) is 7.79. The van der Waals surface area contributed by atoms with E-state index in [1.807, 2.05) is 62.6 Å². The third-order valence-corrected chi connectivity index (χ3v) is 5.78. The molecule has 0 spiro atoms. The second kappa shape index (κ2) is 10.8. The number of benzene rings is 3. The van der Waals surface area contributed by atoms with Crippen LogP contribution < -0.4 is 0 Å². The molecule has 0 saturated carbocycles. The number of aromatic nitrogens is 2. The van der Waals surface area contributed by atoms with Crippen molar-refractivity contribution in [3.63, 3.8) is 0 Å². The Morgan fingerprint density at radius 3 is 1.25 bits per heavy atom. The van der Waals surface area contributed by atoms with Gasteiger partial charge in [-0.3, -0.25) is 9.97 Å². The quantitative estimate of drug-likeness (QED) is 0.211. The van der Waals surface area contributed by atoms with Crippen molar-refractivity contribution in [3.05, 3.63) is 96.3 Å². The molecule has 3 aromatic carbocycles. The molecule has 0 unspecified atom stereocenters. The lowest BCUT2D eigenvalue weighted by Crippen LogP contribution is -2.00. The number of hydrogen-bond donors (Lipinski definition) is 0. The molecule has 0 aliphatic rings. The molecular weight excluding hydrogens is 452 g/mol. The monoisotopic (exact) mass is 478 g/mol. The van der Waals surface area contributed by atoms with Crippen molar-refractivity contribution in [2.45, 2.75) is 13.8 Å². The summed E-state index contributed by atoms with van der Waals surface area (Å²) >= 11 is 0. The van der Waals surface area contributed by atoms with Gasteiger partial charge in [0.15, 0.2) is 0 Å². The molecule has 0 saturated heterocycles. The minimum absolute atomic E-state index is 0.362. The highest BCUT2D eigenvalue weighted by Crippen LogP contribution is 2.29. The van der Waals surface area contributed by atoms with Gasteiger partial charge >= 0.3 is 11.9 Å². The van der Waals surface area contributed by atoms with Gasteiger partial charge in [0.25, 0.3) is 0 Å². The average Bonchev–Trinajstić information content (AvgIpc) is 2.96. The van der Waals surface area contributed by atoms with E-state index in [0.717, 1.165) is 44.1 Å². The lowest BCUT2D eigenvalue weighted by atomic mass is 10.0. The molecule has 0 bridgehead atoms. The van der Waals surface area contributed by atoms with E-state index in [0.29, 0.717) is 11.1 Å². The molecule has 36 heavy (non-hydrogen) atoms. The maximum Gasteiger partial charge on any atom is 0.337 e. The van der Waals surface area contributed by atoms with Gasteiger partial charge in [0.2, 0.25) is 0 Å². The summed E-state index contributed by atoms with van der Waals surface area (Å²) in [5.74, 6) is -0.723. The molecular formula is C30H26N2O4. The number of hydrogen-bond acceptors (Lipinski definition) is 6. The summed E-state index contributed by atoms with van der Waals surface area (Å²) in [4.78, 5) is 32.7. The average molecular weight is 479 g/mol. The van der Waals surface area contributed by atoms with Crippen LogP contribution in [0.25, 0.3) is 44.1 Å². The van der Waals surface area contributed by atoms with Crippen molar-refractivity contribution in [3.8, 4) is 22.3 Å². The summed E-state index contributed by atoms with van der Waals surface area (Å²) in [5, 5.41) is 1.95. The van der Waals surface area contributed by atoms with Crippen molar-refractivity contribution in [2.24, 2.45) is 0 Å². The summed E-state index contributed by atoms with van der Waals surface area (Å²) in [6.45, 7) is 4.00. The number of carbonyl (C=O) groups excluding carboxylic acids is 2. The normalized spacial score (nSPS) is 10.4. The number of fused-ring (bicyclic) bond motifs is 3. The molecule has 0 N–H and O–H groups in total. The van der Waals surface area contributed by atoms with Crippen LogP contribution in [0.5, 0.6) is 0 Å². The first-order valence-electron chi connectivity index (χ1n) is 11.6. The molecule has 0 aliphatic heterocycles. The van der Waals surface area contributed by atoms with Gasteiger partial charge in [-0.25, -0.2) is 9.59 Å². The Labute approximate surface area is 209 Å². The van der Waals surface area contributed by atoms with E-state index in [1.165, 1.54) is 14.2 Å². The van der Waals surface area contributed by atoms with Gasteiger partial charge < -0.3 is 9.47 Å². The van der Waals surface area contributed by atoms with Crippen LogP contribution in [-0.4, -0.2) is 36.1 Å². The van der Waals surface area contributed by atoms with E-state index >= 15 is 0 Å². The Morgan fingerprint density at radius 1 is 0.556 bits per heavy atom. The van der Waals surface area contributed by atoms with Crippen LogP contribution in [0.3, 0.4) is 0 Å².